The van der Waals surface area contributed by atoms with E-state index in [0.29, 0.717) is 6.04 Å². The van der Waals surface area contributed by atoms with Crippen LogP contribution in [0.1, 0.15) is 49.5 Å². The van der Waals surface area contributed by atoms with Crippen LogP contribution < -0.4 is 5.32 Å². The molecule has 0 aromatic carbocycles. The van der Waals surface area contributed by atoms with Crippen LogP contribution in [0.5, 0.6) is 0 Å². The molecule has 2 aliphatic carbocycles. The lowest BCUT2D eigenvalue weighted by Crippen LogP contribution is -2.31. The third-order valence-corrected chi connectivity index (χ3v) is 3.93. The number of hydrogen-bond acceptors (Lipinski definition) is 2. The van der Waals surface area contributed by atoms with Gasteiger partial charge in [-0.05, 0) is 44.2 Å². The molecule has 15 heavy (non-hydrogen) atoms. The number of rotatable bonds is 3. The second-order valence-corrected chi connectivity index (χ2v) is 4.95. The molecule has 0 aliphatic heterocycles. The fourth-order valence-electron chi connectivity index (χ4n) is 2.70. The summed E-state index contributed by atoms with van der Waals surface area (Å²) >= 11 is 0. The van der Waals surface area contributed by atoms with E-state index in [2.05, 4.69) is 11.4 Å². The molecule has 1 heterocycles. The molecule has 1 atom stereocenters. The molecule has 2 aliphatic rings. The number of fused-ring (bicyclic) bond motifs is 1. The van der Waals surface area contributed by atoms with Gasteiger partial charge in [0.1, 0.15) is 5.76 Å². The molecular formula is C13H19NO. The molecule has 82 valence electrons. The number of nitrogens with one attached hydrogen (secondary N) is 1. The Bertz CT molecular complexity index is 327. The Morgan fingerprint density at radius 1 is 1.27 bits per heavy atom. The summed E-state index contributed by atoms with van der Waals surface area (Å²) in [5.41, 5.74) is 1.42. The lowest BCUT2D eigenvalue weighted by Gasteiger charge is -2.29. The van der Waals surface area contributed by atoms with Crippen LogP contribution in [0.2, 0.25) is 0 Å². The summed E-state index contributed by atoms with van der Waals surface area (Å²) in [4.78, 5) is 0. The molecule has 1 fully saturated rings. The first-order valence-corrected chi connectivity index (χ1v) is 6.23. The largest absolute Gasteiger partial charge is 0.469 e. The predicted octanol–water partition coefficient (Wildman–Crippen LogP) is 3.05. The van der Waals surface area contributed by atoms with Crippen molar-refractivity contribution in [3.05, 3.63) is 23.7 Å². The third kappa shape index (κ3) is 1.83. The van der Waals surface area contributed by atoms with Crippen molar-refractivity contribution < 1.29 is 4.42 Å². The van der Waals surface area contributed by atoms with Crippen LogP contribution in [-0.4, -0.2) is 6.54 Å². The van der Waals surface area contributed by atoms with Gasteiger partial charge in [-0.25, -0.2) is 0 Å². The first kappa shape index (κ1) is 9.46. The standard InChI is InChI=1S/C13H19NO/c1-3-10(4-1)9-14-12-5-2-6-13-11(12)7-8-15-13/h7-8,10,12,14H,1-6,9H2. The van der Waals surface area contributed by atoms with Crippen LogP contribution in [0.15, 0.2) is 16.7 Å². The maximum Gasteiger partial charge on any atom is 0.108 e. The van der Waals surface area contributed by atoms with Gasteiger partial charge < -0.3 is 9.73 Å². The summed E-state index contributed by atoms with van der Waals surface area (Å²) in [6, 6.07) is 2.71. The lowest BCUT2D eigenvalue weighted by molar-refractivity contribution is 0.281. The summed E-state index contributed by atoms with van der Waals surface area (Å²) in [5, 5.41) is 3.71. The van der Waals surface area contributed by atoms with Gasteiger partial charge in [0, 0.05) is 18.0 Å². The van der Waals surface area contributed by atoms with Gasteiger partial charge in [-0.15, -0.1) is 0 Å². The zero-order valence-corrected chi connectivity index (χ0v) is 9.17. The summed E-state index contributed by atoms with van der Waals surface area (Å²) in [5.74, 6) is 2.16. The average molecular weight is 205 g/mol. The Hall–Kier alpha value is -0.760. The monoisotopic (exact) mass is 205 g/mol. The average Bonchev–Trinajstić information content (AvgIpc) is 2.63. The smallest absolute Gasteiger partial charge is 0.108 e. The zero-order chi connectivity index (χ0) is 10.1. The minimum absolute atomic E-state index is 0.563. The fourth-order valence-corrected chi connectivity index (χ4v) is 2.70. The van der Waals surface area contributed by atoms with Crippen molar-refractivity contribution in [1.82, 2.24) is 5.32 Å². The number of furan rings is 1. The Kier molecular flexibility index (Phi) is 2.53. The van der Waals surface area contributed by atoms with E-state index in [1.165, 1.54) is 50.0 Å². The zero-order valence-electron chi connectivity index (χ0n) is 9.17. The van der Waals surface area contributed by atoms with E-state index in [9.17, 15) is 0 Å². The molecule has 0 saturated heterocycles. The van der Waals surface area contributed by atoms with Crippen molar-refractivity contribution in [2.75, 3.05) is 6.54 Å². The molecule has 3 rings (SSSR count). The van der Waals surface area contributed by atoms with E-state index in [-0.39, 0.29) is 0 Å². The molecule has 1 unspecified atom stereocenters. The van der Waals surface area contributed by atoms with E-state index >= 15 is 0 Å². The quantitative estimate of drug-likeness (QED) is 0.820. The van der Waals surface area contributed by atoms with Crippen LogP contribution in [0.4, 0.5) is 0 Å². The normalized spacial score (nSPS) is 26.0. The van der Waals surface area contributed by atoms with Crippen molar-refractivity contribution in [2.24, 2.45) is 5.92 Å². The van der Waals surface area contributed by atoms with Crippen molar-refractivity contribution in [3.8, 4) is 0 Å². The second kappa shape index (κ2) is 4.01. The summed E-state index contributed by atoms with van der Waals surface area (Å²) in [6.45, 7) is 1.20. The Balaban J connectivity index is 1.62. The van der Waals surface area contributed by atoms with E-state index in [1.807, 2.05) is 6.26 Å². The number of hydrogen-bond donors (Lipinski definition) is 1. The molecular weight excluding hydrogens is 186 g/mol. The van der Waals surface area contributed by atoms with E-state index < -0.39 is 0 Å². The van der Waals surface area contributed by atoms with Gasteiger partial charge >= 0.3 is 0 Å². The van der Waals surface area contributed by atoms with Gasteiger partial charge in [-0.1, -0.05) is 6.42 Å². The highest BCUT2D eigenvalue weighted by Gasteiger charge is 2.24. The summed E-state index contributed by atoms with van der Waals surface area (Å²) in [7, 11) is 0. The topological polar surface area (TPSA) is 25.2 Å². The molecule has 0 spiro atoms. The van der Waals surface area contributed by atoms with E-state index in [1.54, 1.807) is 0 Å². The van der Waals surface area contributed by atoms with Crippen molar-refractivity contribution >= 4 is 0 Å². The first-order valence-electron chi connectivity index (χ1n) is 6.23. The molecule has 1 saturated carbocycles. The van der Waals surface area contributed by atoms with Crippen LogP contribution in [0.3, 0.4) is 0 Å². The van der Waals surface area contributed by atoms with Crippen molar-refractivity contribution in [3.63, 3.8) is 0 Å². The minimum atomic E-state index is 0.563. The SMILES string of the molecule is c1cc2c(o1)CCCC2NCC1CCC1. The van der Waals surface area contributed by atoms with Crippen molar-refractivity contribution in [2.45, 2.75) is 44.6 Å². The lowest BCUT2D eigenvalue weighted by atomic mass is 9.84. The van der Waals surface area contributed by atoms with Gasteiger partial charge in [0.05, 0.1) is 6.26 Å². The summed E-state index contributed by atoms with van der Waals surface area (Å²) < 4.78 is 5.49. The molecule has 2 heteroatoms. The number of aryl methyl sites for hydroxylation is 1. The highest BCUT2D eigenvalue weighted by Crippen LogP contribution is 2.32. The summed E-state index contributed by atoms with van der Waals surface area (Å²) in [6.07, 6.45) is 9.81. The first-order chi connectivity index (χ1) is 7.43. The van der Waals surface area contributed by atoms with Gasteiger partial charge in [0.25, 0.3) is 0 Å². The van der Waals surface area contributed by atoms with Crippen LogP contribution in [0, 0.1) is 5.92 Å². The van der Waals surface area contributed by atoms with Crippen LogP contribution in [-0.2, 0) is 6.42 Å². The van der Waals surface area contributed by atoms with E-state index in [4.69, 9.17) is 4.42 Å². The van der Waals surface area contributed by atoms with Gasteiger partial charge in [-0.2, -0.15) is 0 Å². The molecule has 1 N–H and O–H groups in total. The Labute approximate surface area is 91.0 Å². The molecule has 0 radical (unpaired) electrons. The highest BCUT2D eigenvalue weighted by molar-refractivity contribution is 5.24. The molecule has 0 amide bonds. The Morgan fingerprint density at radius 2 is 2.20 bits per heavy atom. The highest BCUT2D eigenvalue weighted by atomic mass is 16.3. The van der Waals surface area contributed by atoms with Crippen LogP contribution in [0.25, 0.3) is 0 Å². The second-order valence-electron chi connectivity index (χ2n) is 4.95. The third-order valence-electron chi connectivity index (χ3n) is 3.93. The van der Waals surface area contributed by atoms with Crippen molar-refractivity contribution in [1.29, 1.82) is 0 Å². The van der Waals surface area contributed by atoms with Gasteiger partial charge in [0.15, 0.2) is 0 Å². The molecule has 2 nitrogen and oxygen atoms in total. The predicted molar refractivity (Wildman–Crippen MR) is 59.7 cm³/mol. The van der Waals surface area contributed by atoms with Gasteiger partial charge in [-0.3, -0.25) is 0 Å². The maximum absolute atomic E-state index is 5.49. The minimum Gasteiger partial charge on any atom is -0.469 e. The maximum atomic E-state index is 5.49. The van der Waals surface area contributed by atoms with Crippen LogP contribution >= 0.6 is 0 Å². The fraction of sp³-hybridized carbons (Fsp3) is 0.692. The Morgan fingerprint density at radius 3 is 3.00 bits per heavy atom. The molecule has 0 bridgehead atoms. The molecule has 1 aromatic heterocycles. The van der Waals surface area contributed by atoms with E-state index in [0.717, 1.165) is 12.3 Å². The van der Waals surface area contributed by atoms with Gasteiger partial charge in [0.2, 0.25) is 0 Å². The molecule has 1 aromatic rings.